The highest BCUT2D eigenvalue weighted by atomic mass is 32.1. The standard InChI is InChI=1S/C12H19N5S/c1-12(2,3)10-14-15-11-17(10)16-9(18-11)6-8(13)7-4-5-7/h7-8H,4-6,13H2,1-3H3. The van der Waals surface area contributed by atoms with E-state index in [0.29, 0.717) is 5.92 Å². The van der Waals surface area contributed by atoms with Crippen molar-refractivity contribution in [3.05, 3.63) is 10.8 Å². The van der Waals surface area contributed by atoms with Crippen LogP contribution in [0.2, 0.25) is 0 Å². The number of nitrogens with zero attached hydrogens (tertiary/aromatic N) is 4. The van der Waals surface area contributed by atoms with Crippen molar-refractivity contribution >= 4 is 16.3 Å². The SMILES string of the molecule is CC(C)(C)c1nnc2sc(CC(N)C3CC3)nn12. The van der Waals surface area contributed by atoms with Gasteiger partial charge in [-0.15, -0.1) is 10.2 Å². The summed E-state index contributed by atoms with van der Waals surface area (Å²) in [5, 5.41) is 14.1. The van der Waals surface area contributed by atoms with Crippen molar-refractivity contribution in [2.45, 2.75) is 51.5 Å². The third-order valence-corrected chi connectivity index (χ3v) is 4.26. The highest BCUT2D eigenvalue weighted by Gasteiger charge is 2.30. The second-order valence-electron chi connectivity index (χ2n) is 6.17. The number of hydrogen-bond donors (Lipinski definition) is 1. The van der Waals surface area contributed by atoms with Gasteiger partial charge in [-0.2, -0.15) is 9.61 Å². The summed E-state index contributed by atoms with van der Waals surface area (Å²) >= 11 is 1.61. The van der Waals surface area contributed by atoms with Gasteiger partial charge in [-0.3, -0.25) is 0 Å². The van der Waals surface area contributed by atoms with Crippen molar-refractivity contribution in [3.8, 4) is 0 Å². The van der Waals surface area contributed by atoms with Gasteiger partial charge < -0.3 is 5.73 Å². The van der Waals surface area contributed by atoms with Crippen LogP contribution in [0.1, 0.15) is 44.4 Å². The van der Waals surface area contributed by atoms with Gasteiger partial charge in [0.2, 0.25) is 4.96 Å². The summed E-state index contributed by atoms with van der Waals surface area (Å²) in [4.78, 5) is 0.873. The summed E-state index contributed by atoms with van der Waals surface area (Å²) in [6, 6.07) is 0.256. The summed E-state index contributed by atoms with van der Waals surface area (Å²) in [6.45, 7) is 6.37. The maximum Gasteiger partial charge on any atom is 0.234 e. The molecule has 1 saturated carbocycles. The van der Waals surface area contributed by atoms with Crippen molar-refractivity contribution in [1.29, 1.82) is 0 Å². The van der Waals surface area contributed by atoms with Gasteiger partial charge in [-0.1, -0.05) is 32.1 Å². The van der Waals surface area contributed by atoms with Gasteiger partial charge in [0, 0.05) is 17.9 Å². The number of aromatic nitrogens is 4. The molecule has 0 amide bonds. The van der Waals surface area contributed by atoms with Gasteiger partial charge in [0.15, 0.2) is 5.82 Å². The lowest BCUT2D eigenvalue weighted by Crippen LogP contribution is -2.25. The minimum Gasteiger partial charge on any atom is -0.327 e. The summed E-state index contributed by atoms with van der Waals surface area (Å²) in [5.74, 6) is 1.63. The van der Waals surface area contributed by atoms with Crippen molar-refractivity contribution in [3.63, 3.8) is 0 Å². The Labute approximate surface area is 110 Å². The molecule has 2 N–H and O–H groups in total. The lowest BCUT2D eigenvalue weighted by molar-refractivity contribution is 0.523. The molecule has 2 heterocycles. The second-order valence-corrected chi connectivity index (χ2v) is 7.21. The van der Waals surface area contributed by atoms with Crippen LogP contribution in [0, 0.1) is 5.92 Å². The Morgan fingerprint density at radius 3 is 2.72 bits per heavy atom. The molecule has 2 aromatic rings. The average molecular weight is 265 g/mol. The molecule has 1 aliphatic carbocycles. The molecule has 6 heteroatoms. The molecule has 0 aromatic carbocycles. The van der Waals surface area contributed by atoms with Crippen LogP contribution < -0.4 is 5.73 Å². The Hall–Kier alpha value is -1.01. The predicted molar refractivity (Wildman–Crippen MR) is 71.8 cm³/mol. The predicted octanol–water partition coefficient (Wildman–Crippen LogP) is 1.76. The third kappa shape index (κ3) is 2.14. The first kappa shape index (κ1) is 12.0. The van der Waals surface area contributed by atoms with Crippen LogP contribution in [-0.4, -0.2) is 25.9 Å². The van der Waals surface area contributed by atoms with Gasteiger partial charge in [0.25, 0.3) is 0 Å². The maximum absolute atomic E-state index is 6.15. The fraction of sp³-hybridized carbons (Fsp3) is 0.750. The molecule has 1 fully saturated rings. The lowest BCUT2D eigenvalue weighted by atomic mass is 9.96. The van der Waals surface area contributed by atoms with Gasteiger partial charge in [-0.25, -0.2) is 0 Å². The van der Waals surface area contributed by atoms with Crippen LogP contribution in [0.3, 0.4) is 0 Å². The van der Waals surface area contributed by atoms with E-state index in [4.69, 9.17) is 5.73 Å². The normalized spacial score (nSPS) is 18.4. The van der Waals surface area contributed by atoms with Crippen LogP contribution in [0.4, 0.5) is 0 Å². The number of fused-ring (bicyclic) bond motifs is 1. The molecule has 0 bridgehead atoms. The zero-order valence-electron chi connectivity index (χ0n) is 11.1. The maximum atomic E-state index is 6.15. The molecule has 18 heavy (non-hydrogen) atoms. The highest BCUT2D eigenvalue weighted by molar-refractivity contribution is 7.16. The molecule has 98 valence electrons. The van der Waals surface area contributed by atoms with Crippen LogP contribution in [-0.2, 0) is 11.8 Å². The summed E-state index contributed by atoms with van der Waals surface area (Å²) in [5.41, 5.74) is 6.11. The molecule has 1 unspecified atom stereocenters. The zero-order chi connectivity index (χ0) is 12.9. The van der Waals surface area contributed by atoms with E-state index < -0.39 is 0 Å². The highest BCUT2D eigenvalue weighted by Crippen LogP contribution is 2.33. The van der Waals surface area contributed by atoms with E-state index in [9.17, 15) is 0 Å². The van der Waals surface area contributed by atoms with E-state index in [0.717, 1.165) is 22.2 Å². The first-order valence-corrected chi connectivity index (χ1v) is 7.24. The lowest BCUT2D eigenvalue weighted by Gasteiger charge is -2.13. The average Bonchev–Trinajstić information content (AvgIpc) is 2.91. The molecule has 1 aliphatic rings. The van der Waals surface area contributed by atoms with Gasteiger partial charge in [0.05, 0.1) is 0 Å². The Bertz CT molecular complexity index is 561. The minimum absolute atomic E-state index is 0.0383. The van der Waals surface area contributed by atoms with Crippen LogP contribution in [0.25, 0.3) is 4.96 Å². The Balaban J connectivity index is 1.89. The molecular formula is C12H19N5S. The van der Waals surface area contributed by atoms with E-state index >= 15 is 0 Å². The molecule has 0 aliphatic heterocycles. The molecule has 5 nitrogen and oxygen atoms in total. The molecule has 0 spiro atoms. The van der Waals surface area contributed by atoms with Gasteiger partial charge in [0.1, 0.15) is 5.01 Å². The van der Waals surface area contributed by atoms with Crippen LogP contribution >= 0.6 is 11.3 Å². The van der Waals surface area contributed by atoms with E-state index in [1.54, 1.807) is 11.3 Å². The Kier molecular flexibility index (Phi) is 2.67. The Morgan fingerprint density at radius 2 is 2.11 bits per heavy atom. The molecular weight excluding hydrogens is 246 g/mol. The summed E-state index contributed by atoms with van der Waals surface area (Å²) in [7, 11) is 0. The number of hydrogen-bond acceptors (Lipinski definition) is 5. The van der Waals surface area contributed by atoms with E-state index in [1.165, 1.54) is 12.8 Å². The van der Waals surface area contributed by atoms with Crippen molar-refractivity contribution < 1.29 is 0 Å². The topological polar surface area (TPSA) is 69.1 Å². The second kappa shape index (κ2) is 3.99. The number of nitrogens with two attached hydrogens (primary N) is 1. The molecule has 0 saturated heterocycles. The van der Waals surface area contributed by atoms with Crippen molar-refractivity contribution in [2.75, 3.05) is 0 Å². The van der Waals surface area contributed by atoms with Gasteiger partial charge >= 0.3 is 0 Å². The zero-order valence-corrected chi connectivity index (χ0v) is 11.9. The fourth-order valence-corrected chi connectivity index (χ4v) is 3.00. The van der Waals surface area contributed by atoms with E-state index in [1.807, 2.05) is 4.52 Å². The summed E-state index contributed by atoms with van der Waals surface area (Å²) in [6.07, 6.45) is 3.42. The third-order valence-electron chi connectivity index (χ3n) is 3.34. The first-order chi connectivity index (χ1) is 8.45. The molecule has 3 rings (SSSR count). The van der Waals surface area contributed by atoms with Crippen LogP contribution in [0.5, 0.6) is 0 Å². The quantitative estimate of drug-likeness (QED) is 0.918. The van der Waals surface area contributed by atoms with Crippen LogP contribution in [0.15, 0.2) is 0 Å². The fourth-order valence-electron chi connectivity index (χ4n) is 2.10. The summed E-state index contributed by atoms with van der Waals surface area (Å²) < 4.78 is 1.87. The van der Waals surface area contributed by atoms with Crippen molar-refractivity contribution in [2.24, 2.45) is 11.7 Å². The van der Waals surface area contributed by atoms with E-state index in [-0.39, 0.29) is 11.5 Å². The van der Waals surface area contributed by atoms with Crippen molar-refractivity contribution in [1.82, 2.24) is 19.8 Å². The number of rotatable bonds is 3. The van der Waals surface area contributed by atoms with Gasteiger partial charge in [-0.05, 0) is 18.8 Å². The van der Waals surface area contributed by atoms with E-state index in [2.05, 4.69) is 36.1 Å². The first-order valence-electron chi connectivity index (χ1n) is 6.42. The molecule has 0 radical (unpaired) electrons. The smallest absolute Gasteiger partial charge is 0.234 e. The largest absolute Gasteiger partial charge is 0.327 e. The monoisotopic (exact) mass is 265 g/mol. The minimum atomic E-state index is -0.0383. The molecule has 2 aromatic heterocycles. The molecule has 1 atom stereocenters. The Morgan fingerprint density at radius 1 is 1.39 bits per heavy atom.